The van der Waals surface area contributed by atoms with Crippen LogP contribution in [0.5, 0.6) is 0 Å². The van der Waals surface area contributed by atoms with Crippen LogP contribution in [0.4, 0.5) is 16.2 Å². The number of carbonyl (C=O) groups is 2. The van der Waals surface area contributed by atoms with E-state index in [1.54, 1.807) is 43.3 Å². The molecule has 2 heterocycles. The molecule has 2 aromatic rings. The monoisotopic (exact) mass is 400 g/mol. The van der Waals surface area contributed by atoms with Gasteiger partial charge < -0.3 is 10.2 Å². The van der Waals surface area contributed by atoms with Gasteiger partial charge in [-0.3, -0.25) is 14.8 Å². The van der Waals surface area contributed by atoms with Gasteiger partial charge in [-0.2, -0.15) is 0 Å². The van der Waals surface area contributed by atoms with E-state index in [-0.39, 0.29) is 4.90 Å². The zero-order valence-electron chi connectivity index (χ0n) is 15.4. The Morgan fingerprint density at radius 1 is 1.14 bits per heavy atom. The smallest absolute Gasteiger partial charge is 0.322 e. The van der Waals surface area contributed by atoms with E-state index in [0.717, 1.165) is 24.2 Å². The Kier molecular flexibility index (Phi) is 4.07. The van der Waals surface area contributed by atoms with Gasteiger partial charge in [0.05, 0.1) is 4.90 Å². The van der Waals surface area contributed by atoms with E-state index in [0.29, 0.717) is 11.3 Å². The number of likely N-dealkylation sites (N-methyl/N-ethyl adjacent to an activating group) is 1. The molecule has 2 aliphatic heterocycles. The van der Waals surface area contributed by atoms with Crippen LogP contribution in [0.15, 0.2) is 47.4 Å². The van der Waals surface area contributed by atoms with Crippen LogP contribution in [0.2, 0.25) is 0 Å². The molecule has 4 rings (SSSR count). The minimum absolute atomic E-state index is 0.170. The number of urea groups is 1. The van der Waals surface area contributed by atoms with E-state index in [1.807, 2.05) is 18.0 Å². The summed E-state index contributed by atoms with van der Waals surface area (Å²) >= 11 is 0. The lowest BCUT2D eigenvalue weighted by atomic mass is 9.92. The molecule has 2 aromatic carbocycles. The van der Waals surface area contributed by atoms with Gasteiger partial charge in [0.1, 0.15) is 5.54 Å². The van der Waals surface area contributed by atoms with Gasteiger partial charge in [0, 0.05) is 25.0 Å². The SMILES string of the molecule is CN1CCc2ccc(S(=O)(=O)Nc3cccc([C@@]4(C)NC(=O)NC4=O)c3)cc21. The third kappa shape index (κ3) is 2.97. The lowest BCUT2D eigenvalue weighted by molar-refractivity contribution is -0.123. The van der Waals surface area contributed by atoms with Crippen molar-refractivity contribution in [2.24, 2.45) is 0 Å². The summed E-state index contributed by atoms with van der Waals surface area (Å²) in [7, 11) is -1.88. The van der Waals surface area contributed by atoms with Gasteiger partial charge in [-0.25, -0.2) is 13.2 Å². The summed E-state index contributed by atoms with van der Waals surface area (Å²) in [5, 5.41) is 4.76. The summed E-state index contributed by atoms with van der Waals surface area (Å²) < 4.78 is 28.3. The van der Waals surface area contributed by atoms with E-state index >= 15 is 0 Å². The number of hydrogen-bond donors (Lipinski definition) is 3. The first-order valence-corrected chi connectivity index (χ1v) is 10.3. The number of nitrogens with one attached hydrogen (secondary N) is 3. The van der Waals surface area contributed by atoms with Crippen molar-refractivity contribution in [1.29, 1.82) is 0 Å². The molecule has 0 saturated carbocycles. The highest BCUT2D eigenvalue weighted by Gasteiger charge is 2.43. The van der Waals surface area contributed by atoms with E-state index < -0.39 is 27.5 Å². The quantitative estimate of drug-likeness (QED) is 0.675. The summed E-state index contributed by atoms with van der Waals surface area (Å²) in [6.45, 7) is 2.43. The molecule has 0 aromatic heterocycles. The fourth-order valence-electron chi connectivity index (χ4n) is 3.54. The van der Waals surface area contributed by atoms with Crippen LogP contribution in [0.1, 0.15) is 18.1 Å². The first-order chi connectivity index (χ1) is 13.2. The van der Waals surface area contributed by atoms with Gasteiger partial charge in [0.15, 0.2) is 0 Å². The predicted octanol–water partition coefficient (Wildman–Crippen LogP) is 1.53. The van der Waals surface area contributed by atoms with Crippen LogP contribution in [-0.2, 0) is 26.8 Å². The third-order valence-electron chi connectivity index (χ3n) is 5.23. The largest absolute Gasteiger partial charge is 0.374 e. The number of benzene rings is 2. The number of rotatable bonds is 4. The highest BCUT2D eigenvalue weighted by atomic mass is 32.2. The van der Waals surface area contributed by atoms with Crippen LogP contribution >= 0.6 is 0 Å². The first-order valence-electron chi connectivity index (χ1n) is 8.80. The lowest BCUT2D eigenvalue weighted by Crippen LogP contribution is -2.40. The van der Waals surface area contributed by atoms with Crippen LogP contribution < -0.4 is 20.3 Å². The van der Waals surface area contributed by atoms with E-state index in [9.17, 15) is 18.0 Å². The van der Waals surface area contributed by atoms with Crippen LogP contribution in [0.25, 0.3) is 0 Å². The van der Waals surface area contributed by atoms with E-state index in [2.05, 4.69) is 15.4 Å². The Hall–Kier alpha value is -3.07. The van der Waals surface area contributed by atoms with Gasteiger partial charge in [-0.15, -0.1) is 0 Å². The number of anilines is 2. The number of imide groups is 1. The molecule has 0 aliphatic carbocycles. The highest BCUT2D eigenvalue weighted by Crippen LogP contribution is 2.31. The zero-order chi connectivity index (χ0) is 20.1. The molecule has 0 spiro atoms. The number of amides is 3. The van der Waals surface area contributed by atoms with Crippen molar-refractivity contribution in [1.82, 2.24) is 10.6 Å². The number of sulfonamides is 1. The average Bonchev–Trinajstić information content (AvgIpc) is 3.14. The molecule has 1 saturated heterocycles. The van der Waals surface area contributed by atoms with Gasteiger partial charge in [-0.1, -0.05) is 18.2 Å². The topological polar surface area (TPSA) is 108 Å². The molecule has 1 atom stereocenters. The summed E-state index contributed by atoms with van der Waals surface area (Å²) in [6.07, 6.45) is 0.897. The highest BCUT2D eigenvalue weighted by molar-refractivity contribution is 7.92. The summed E-state index contributed by atoms with van der Waals surface area (Å²) in [4.78, 5) is 25.8. The second-order valence-electron chi connectivity index (χ2n) is 7.18. The van der Waals surface area contributed by atoms with Gasteiger partial charge in [0.25, 0.3) is 15.9 Å². The van der Waals surface area contributed by atoms with Crippen molar-refractivity contribution in [2.45, 2.75) is 23.8 Å². The number of nitrogens with zero attached hydrogens (tertiary/aromatic N) is 1. The molecule has 28 heavy (non-hydrogen) atoms. The maximum absolute atomic E-state index is 12.9. The van der Waals surface area contributed by atoms with Gasteiger partial charge in [0.2, 0.25) is 0 Å². The summed E-state index contributed by atoms with van der Waals surface area (Å²) in [6, 6.07) is 10.9. The lowest BCUT2D eigenvalue weighted by Gasteiger charge is -2.22. The summed E-state index contributed by atoms with van der Waals surface area (Å²) in [5.41, 5.74) is 1.56. The fraction of sp³-hybridized carbons (Fsp3) is 0.263. The maximum atomic E-state index is 12.9. The Labute approximate surface area is 163 Å². The van der Waals surface area contributed by atoms with Crippen LogP contribution in [0.3, 0.4) is 0 Å². The first kappa shape index (κ1) is 18.3. The zero-order valence-corrected chi connectivity index (χ0v) is 16.3. The molecular weight excluding hydrogens is 380 g/mol. The molecule has 146 valence electrons. The third-order valence-corrected chi connectivity index (χ3v) is 6.61. The Bertz CT molecular complexity index is 1100. The molecule has 1 fully saturated rings. The molecule has 8 nitrogen and oxygen atoms in total. The normalized spacial score (nSPS) is 21.3. The van der Waals surface area contributed by atoms with Crippen LogP contribution in [0, 0.1) is 0 Å². The van der Waals surface area contributed by atoms with Crippen molar-refractivity contribution < 1.29 is 18.0 Å². The van der Waals surface area contributed by atoms with E-state index in [1.165, 1.54) is 0 Å². The van der Waals surface area contributed by atoms with Crippen molar-refractivity contribution in [2.75, 3.05) is 23.2 Å². The van der Waals surface area contributed by atoms with Crippen molar-refractivity contribution in [3.8, 4) is 0 Å². The summed E-state index contributed by atoms with van der Waals surface area (Å²) in [5.74, 6) is -0.487. The Morgan fingerprint density at radius 2 is 1.93 bits per heavy atom. The predicted molar refractivity (Wildman–Crippen MR) is 105 cm³/mol. The van der Waals surface area contributed by atoms with E-state index in [4.69, 9.17) is 0 Å². The van der Waals surface area contributed by atoms with Gasteiger partial charge >= 0.3 is 6.03 Å². The molecular formula is C19H20N4O4S. The van der Waals surface area contributed by atoms with Crippen molar-refractivity contribution in [3.63, 3.8) is 0 Å². The molecule has 9 heteroatoms. The molecule has 0 unspecified atom stereocenters. The van der Waals surface area contributed by atoms with Gasteiger partial charge in [-0.05, 0) is 48.7 Å². The number of hydrogen-bond acceptors (Lipinski definition) is 5. The van der Waals surface area contributed by atoms with Crippen molar-refractivity contribution >= 4 is 33.3 Å². The minimum Gasteiger partial charge on any atom is -0.374 e. The number of carbonyl (C=O) groups excluding carboxylic acids is 2. The maximum Gasteiger partial charge on any atom is 0.322 e. The second-order valence-corrected chi connectivity index (χ2v) is 8.86. The molecule has 3 amide bonds. The number of fused-ring (bicyclic) bond motifs is 1. The minimum atomic E-state index is -3.81. The van der Waals surface area contributed by atoms with Crippen molar-refractivity contribution in [3.05, 3.63) is 53.6 Å². The Balaban J connectivity index is 1.64. The Morgan fingerprint density at radius 3 is 2.64 bits per heavy atom. The molecule has 0 bridgehead atoms. The average molecular weight is 400 g/mol. The standard InChI is InChI=1S/C19H20N4O4S/c1-19(17(24)20-18(25)21-19)13-4-3-5-14(10-13)22-28(26,27)15-7-6-12-8-9-23(2)16(12)11-15/h3-7,10-11,22H,8-9H2,1-2H3,(H2,20,21,24,25)/t19-/m1/s1. The van der Waals surface area contributed by atoms with Crippen LogP contribution in [-0.4, -0.2) is 33.9 Å². The second kappa shape index (κ2) is 6.23. The molecule has 3 N–H and O–H groups in total. The fourth-order valence-corrected chi connectivity index (χ4v) is 4.61. The molecule has 2 aliphatic rings. The molecule has 0 radical (unpaired) electrons.